The maximum absolute atomic E-state index is 11.6. The molecule has 1 aromatic rings. The first-order chi connectivity index (χ1) is 7.94. The summed E-state index contributed by atoms with van der Waals surface area (Å²) in [6.45, 7) is 6.98. The number of rotatable bonds is 2. The maximum Gasteiger partial charge on any atom is 0.410 e. The molecule has 1 amide bonds. The Hall–Kier alpha value is -1.66. The number of likely N-dealkylation sites (tertiary alicyclic amines) is 1. The quantitative estimate of drug-likeness (QED) is 0.817. The number of carbonyl (C=O) groups is 1. The number of ether oxygens (including phenoxy) is 1. The Bertz CT molecular complexity index is 378. The smallest absolute Gasteiger partial charge is 0.410 e. The second kappa shape index (κ2) is 4.31. The Labute approximate surface area is 99.5 Å². The monoisotopic (exact) mass is 239 g/mol. The van der Waals surface area contributed by atoms with Crippen molar-refractivity contribution in [1.29, 1.82) is 0 Å². The molecule has 1 fully saturated rings. The van der Waals surface area contributed by atoms with Crippen LogP contribution in [0.1, 0.15) is 26.6 Å². The molecule has 1 aliphatic heterocycles. The van der Waals surface area contributed by atoms with Crippen molar-refractivity contribution in [2.45, 2.75) is 32.8 Å². The summed E-state index contributed by atoms with van der Waals surface area (Å²) in [6, 6.07) is 0. The molecule has 0 aromatic carbocycles. The number of tetrazole rings is 1. The fraction of sp³-hybridized carbons (Fsp3) is 0.800. The lowest BCUT2D eigenvalue weighted by atomic mass is 9.97. The maximum atomic E-state index is 11.6. The van der Waals surface area contributed by atoms with Gasteiger partial charge in [-0.1, -0.05) is 5.21 Å². The molecule has 2 rings (SSSR count). The van der Waals surface area contributed by atoms with E-state index >= 15 is 0 Å². The molecule has 0 saturated carbocycles. The van der Waals surface area contributed by atoms with E-state index in [1.165, 1.54) is 0 Å². The van der Waals surface area contributed by atoms with E-state index in [9.17, 15) is 4.79 Å². The Morgan fingerprint density at radius 1 is 1.53 bits per heavy atom. The molecule has 1 saturated heterocycles. The largest absolute Gasteiger partial charge is 0.444 e. The van der Waals surface area contributed by atoms with Crippen LogP contribution in [0.5, 0.6) is 0 Å². The molecule has 0 radical (unpaired) electrons. The summed E-state index contributed by atoms with van der Waals surface area (Å²) >= 11 is 0. The molecule has 0 bridgehead atoms. The van der Waals surface area contributed by atoms with Gasteiger partial charge in [0.25, 0.3) is 0 Å². The summed E-state index contributed by atoms with van der Waals surface area (Å²) in [6.07, 6.45) is 0.498. The van der Waals surface area contributed by atoms with Gasteiger partial charge in [0.2, 0.25) is 0 Å². The van der Waals surface area contributed by atoms with Gasteiger partial charge >= 0.3 is 6.09 Å². The standard InChI is InChI=1S/C10H17N5O2/c1-10(2,3)17-9(16)15-5-7(6-15)4-8-11-13-14-12-8/h7H,4-6H2,1-3H3,(H,11,12,13,14). The molecule has 0 aliphatic carbocycles. The molecule has 17 heavy (non-hydrogen) atoms. The summed E-state index contributed by atoms with van der Waals surface area (Å²) in [5.74, 6) is 1.10. The highest BCUT2D eigenvalue weighted by Gasteiger charge is 2.34. The number of nitrogens with one attached hydrogen (secondary N) is 1. The molecular formula is C10H17N5O2. The van der Waals surface area contributed by atoms with E-state index in [-0.39, 0.29) is 6.09 Å². The van der Waals surface area contributed by atoms with Crippen LogP contribution in [0.4, 0.5) is 4.79 Å². The van der Waals surface area contributed by atoms with E-state index in [2.05, 4.69) is 20.6 Å². The van der Waals surface area contributed by atoms with E-state index in [4.69, 9.17) is 4.74 Å². The SMILES string of the molecule is CC(C)(C)OC(=O)N1CC(Cc2nn[nH]n2)C1. The van der Waals surface area contributed by atoms with E-state index < -0.39 is 5.60 Å². The molecule has 0 atom stereocenters. The third-order valence-corrected chi connectivity index (χ3v) is 2.47. The fourth-order valence-electron chi connectivity index (χ4n) is 1.70. The normalized spacial score (nSPS) is 16.8. The molecule has 7 nitrogen and oxygen atoms in total. The predicted molar refractivity (Wildman–Crippen MR) is 59.2 cm³/mol. The van der Waals surface area contributed by atoms with Crippen molar-refractivity contribution < 1.29 is 9.53 Å². The van der Waals surface area contributed by atoms with Gasteiger partial charge in [-0.2, -0.15) is 5.21 Å². The van der Waals surface area contributed by atoms with Gasteiger partial charge in [-0.25, -0.2) is 4.79 Å². The second-order valence-electron chi connectivity index (χ2n) is 5.28. The van der Waals surface area contributed by atoms with Crippen molar-refractivity contribution in [1.82, 2.24) is 25.5 Å². The number of hydrogen-bond donors (Lipinski definition) is 1. The van der Waals surface area contributed by atoms with Gasteiger partial charge in [-0.15, -0.1) is 10.2 Å². The zero-order chi connectivity index (χ0) is 12.5. The number of carbonyl (C=O) groups excluding carboxylic acids is 1. The highest BCUT2D eigenvalue weighted by atomic mass is 16.6. The lowest BCUT2D eigenvalue weighted by molar-refractivity contribution is -0.00114. The van der Waals surface area contributed by atoms with Crippen LogP contribution >= 0.6 is 0 Å². The van der Waals surface area contributed by atoms with Gasteiger partial charge in [0.1, 0.15) is 5.60 Å². The Morgan fingerprint density at radius 3 is 2.76 bits per heavy atom. The molecular weight excluding hydrogens is 222 g/mol. The molecule has 0 spiro atoms. The number of aromatic nitrogens is 4. The lowest BCUT2D eigenvalue weighted by Gasteiger charge is -2.39. The topological polar surface area (TPSA) is 84.0 Å². The fourth-order valence-corrected chi connectivity index (χ4v) is 1.70. The Balaban J connectivity index is 1.73. The van der Waals surface area contributed by atoms with Crippen LogP contribution in [0.25, 0.3) is 0 Å². The molecule has 1 N–H and O–H groups in total. The highest BCUT2D eigenvalue weighted by Crippen LogP contribution is 2.21. The van der Waals surface area contributed by atoms with Crippen molar-refractivity contribution in [3.63, 3.8) is 0 Å². The van der Waals surface area contributed by atoms with Crippen LogP contribution in [0, 0.1) is 5.92 Å². The van der Waals surface area contributed by atoms with Gasteiger partial charge in [0.15, 0.2) is 5.82 Å². The van der Waals surface area contributed by atoms with Gasteiger partial charge < -0.3 is 9.64 Å². The van der Waals surface area contributed by atoms with Crippen molar-refractivity contribution in [3.8, 4) is 0 Å². The Morgan fingerprint density at radius 2 is 2.24 bits per heavy atom. The first kappa shape index (κ1) is 11.8. The van der Waals surface area contributed by atoms with Crippen molar-refractivity contribution in [3.05, 3.63) is 5.82 Å². The van der Waals surface area contributed by atoms with Crippen molar-refractivity contribution in [2.75, 3.05) is 13.1 Å². The molecule has 1 aromatic heterocycles. The van der Waals surface area contributed by atoms with Gasteiger partial charge in [0, 0.05) is 25.4 Å². The minimum absolute atomic E-state index is 0.248. The van der Waals surface area contributed by atoms with E-state index in [0.29, 0.717) is 24.8 Å². The number of hydrogen-bond acceptors (Lipinski definition) is 5. The molecule has 7 heteroatoms. The van der Waals surface area contributed by atoms with Gasteiger partial charge in [-0.05, 0) is 20.8 Å². The third-order valence-electron chi connectivity index (χ3n) is 2.47. The van der Waals surface area contributed by atoms with Crippen LogP contribution < -0.4 is 0 Å². The second-order valence-corrected chi connectivity index (χ2v) is 5.28. The minimum Gasteiger partial charge on any atom is -0.444 e. The van der Waals surface area contributed by atoms with Crippen LogP contribution in [-0.2, 0) is 11.2 Å². The molecule has 0 unspecified atom stereocenters. The number of amides is 1. The van der Waals surface area contributed by atoms with Gasteiger partial charge in [-0.3, -0.25) is 0 Å². The minimum atomic E-state index is -0.435. The summed E-state index contributed by atoms with van der Waals surface area (Å²) in [7, 11) is 0. The highest BCUT2D eigenvalue weighted by molar-refractivity contribution is 5.69. The van der Waals surface area contributed by atoms with Gasteiger partial charge in [0.05, 0.1) is 0 Å². The number of nitrogens with zero attached hydrogens (tertiary/aromatic N) is 4. The summed E-state index contributed by atoms with van der Waals surface area (Å²) in [5.41, 5.74) is -0.435. The number of H-pyrrole nitrogens is 1. The zero-order valence-electron chi connectivity index (χ0n) is 10.3. The third kappa shape index (κ3) is 3.15. The summed E-state index contributed by atoms with van der Waals surface area (Å²) in [4.78, 5) is 13.3. The first-order valence-electron chi connectivity index (χ1n) is 5.64. The van der Waals surface area contributed by atoms with Crippen LogP contribution in [-0.4, -0.2) is 50.3 Å². The van der Waals surface area contributed by atoms with Crippen LogP contribution in [0.15, 0.2) is 0 Å². The molecule has 1 aliphatic rings. The number of aromatic amines is 1. The predicted octanol–water partition coefficient (Wildman–Crippen LogP) is 0.609. The van der Waals surface area contributed by atoms with E-state index in [1.807, 2.05) is 20.8 Å². The van der Waals surface area contributed by atoms with Crippen LogP contribution in [0.2, 0.25) is 0 Å². The van der Waals surface area contributed by atoms with E-state index in [1.54, 1.807) is 4.90 Å². The average Bonchev–Trinajstić information content (AvgIpc) is 2.59. The van der Waals surface area contributed by atoms with Crippen LogP contribution in [0.3, 0.4) is 0 Å². The summed E-state index contributed by atoms with van der Waals surface area (Å²) < 4.78 is 5.26. The van der Waals surface area contributed by atoms with Crippen molar-refractivity contribution >= 4 is 6.09 Å². The first-order valence-corrected chi connectivity index (χ1v) is 5.64. The lowest BCUT2D eigenvalue weighted by Crippen LogP contribution is -2.52. The average molecular weight is 239 g/mol. The summed E-state index contributed by atoms with van der Waals surface area (Å²) in [5, 5.41) is 13.7. The molecule has 94 valence electrons. The van der Waals surface area contributed by atoms with Crippen molar-refractivity contribution in [2.24, 2.45) is 5.92 Å². The Kier molecular flexibility index (Phi) is 2.99. The zero-order valence-corrected chi connectivity index (χ0v) is 10.3. The molecule has 2 heterocycles. The van der Waals surface area contributed by atoms with E-state index in [0.717, 1.165) is 6.42 Å².